The molecular formula is C17H26O3. The number of aliphatic hydroxyl groups is 1. The van der Waals surface area contributed by atoms with Crippen molar-refractivity contribution >= 4 is 5.97 Å². The van der Waals surface area contributed by atoms with Crippen LogP contribution in [0.5, 0.6) is 0 Å². The standard InChI is InChI=1S/C17H26O3/c1-12-6-7-13(10-14(12)16(2,3)4)8-9-17(5,11-18)15(19)20/h6-7,10,18H,8-9,11H2,1-5H3,(H,19,20). The molecule has 0 bridgehead atoms. The van der Waals surface area contributed by atoms with Crippen LogP contribution in [0.3, 0.4) is 0 Å². The second-order valence-electron chi connectivity index (χ2n) is 6.92. The van der Waals surface area contributed by atoms with Gasteiger partial charge in [0.2, 0.25) is 0 Å². The molecule has 20 heavy (non-hydrogen) atoms. The fourth-order valence-corrected chi connectivity index (χ4v) is 2.31. The first kappa shape index (κ1) is 16.7. The van der Waals surface area contributed by atoms with Crippen molar-refractivity contribution in [1.29, 1.82) is 0 Å². The van der Waals surface area contributed by atoms with Crippen LogP contribution in [0.15, 0.2) is 18.2 Å². The van der Waals surface area contributed by atoms with Gasteiger partial charge in [0.15, 0.2) is 0 Å². The molecule has 0 fully saturated rings. The average Bonchev–Trinajstić information content (AvgIpc) is 2.35. The molecule has 112 valence electrons. The van der Waals surface area contributed by atoms with Gasteiger partial charge in [-0.2, -0.15) is 0 Å². The summed E-state index contributed by atoms with van der Waals surface area (Å²) in [5, 5.41) is 18.5. The Labute approximate surface area is 121 Å². The Morgan fingerprint density at radius 1 is 1.20 bits per heavy atom. The molecule has 3 nitrogen and oxygen atoms in total. The second-order valence-corrected chi connectivity index (χ2v) is 6.92. The van der Waals surface area contributed by atoms with Crippen molar-refractivity contribution in [3.8, 4) is 0 Å². The van der Waals surface area contributed by atoms with Gasteiger partial charge in [-0.3, -0.25) is 4.79 Å². The summed E-state index contributed by atoms with van der Waals surface area (Å²) in [4.78, 5) is 11.2. The van der Waals surface area contributed by atoms with E-state index < -0.39 is 11.4 Å². The van der Waals surface area contributed by atoms with E-state index in [4.69, 9.17) is 0 Å². The van der Waals surface area contributed by atoms with E-state index in [1.807, 2.05) is 6.07 Å². The molecule has 1 aromatic carbocycles. The molecule has 0 aromatic heterocycles. The highest BCUT2D eigenvalue weighted by atomic mass is 16.4. The summed E-state index contributed by atoms with van der Waals surface area (Å²) in [6.45, 7) is 9.88. The zero-order chi connectivity index (χ0) is 15.6. The maximum atomic E-state index is 11.2. The van der Waals surface area contributed by atoms with Gasteiger partial charge in [-0.1, -0.05) is 39.0 Å². The van der Waals surface area contributed by atoms with Gasteiger partial charge in [-0.05, 0) is 48.8 Å². The van der Waals surface area contributed by atoms with Crippen LogP contribution in [-0.4, -0.2) is 22.8 Å². The molecule has 0 spiro atoms. The highest BCUT2D eigenvalue weighted by Crippen LogP contribution is 2.29. The fraction of sp³-hybridized carbons (Fsp3) is 0.588. The molecule has 1 atom stereocenters. The summed E-state index contributed by atoms with van der Waals surface area (Å²) < 4.78 is 0. The Morgan fingerprint density at radius 2 is 1.80 bits per heavy atom. The van der Waals surface area contributed by atoms with Crippen LogP contribution in [0, 0.1) is 12.3 Å². The van der Waals surface area contributed by atoms with Gasteiger partial charge in [-0.15, -0.1) is 0 Å². The largest absolute Gasteiger partial charge is 0.481 e. The molecule has 0 saturated carbocycles. The Kier molecular flexibility index (Phi) is 4.98. The third kappa shape index (κ3) is 3.83. The van der Waals surface area contributed by atoms with E-state index in [0.29, 0.717) is 12.8 Å². The summed E-state index contributed by atoms with van der Waals surface area (Å²) in [5.74, 6) is -0.942. The number of aliphatic carboxylic acids is 1. The van der Waals surface area contributed by atoms with Crippen molar-refractivity contribution in [2.24, 2.45) is 5.41 Å². The van der Waals surface area contributed by atoms with E-state index in [-0.39, 0.29) is 12.0 Å². The molecule has 3 heteroatoms. The lowest BCUT2D eigenvalue weighted by Crippen LogP contribution is -2.32. The summed E-state index contributed by atoms with van der Waals surface area (Å²) in [6.07, 6.45) is 1.10. The van der Waals surface area contributed by atoms with E-state index in [1.54, 1.807) is 6.92 Å². The zero-order valence-corrected chi connectivity index (χ0v) is 13.2. The van der Waals surface area contributed by atoms with Crippen LogP contribution in [0.1, 0.15) is 50.8 Å². The Morgan fingerprint density at radius 3 is 2.25 bits per heavy atom. The van der Waals surface area contributed by atoms with E-state index in [9.17, 15) is 15.0 Å². The lowest BCUT2D eigenvalue weighted by molar-refractivity contribution is -0.150. The molecule has 0 saturated heterocycles. The van der Waals surface area contributed by atoms with E-state index >= 15 is 0 Å². The molecule has 1 unspecified atom stereocenters. The highest BCUT2D eigenvalue weighted by Gasteiger charge is 2.32. The molecule has 1 rings (SSSR count). The van der Waals surface area contributed by atoms with E-state index in [0.717, 1.165) is 5.56 Å². The number of carbonyl (C=O) groups is 1. The summed E-state index contributed by atoms with van der Waals surface area (Å²) in [6, 6.07) is 6.30. The maximum Gasteiger partial charge on any atom is 0.311 e. The molecule has 0 heterocycles. The van der Waals surface area contributed by atoms with Crippen LogP contribution in [0.25, 0.3) is 0 Å². The molecule has 0 aliphatic carbocycles. The van der Waals surface area contributed by atoms with Gasteiger partial charge in [0, 0.05) is 0 Å². The van der Waals surface area contributed by atoms with Gasteiger partial charge < -0.3 is 10.2 Å². The minimum absolute atomic E-state index is 0.0766. The molecule has 0 aliphatic heterocycles. The number of rotatable bonds is 5. The molecular weight excluding hydrogens is 252 g/mol. The Hall–Kier alpha value is -1.35. The van der Waals surface area contributed by atoms with E-state index in [1.165, 1.54) is 11.1 Å². The third-order valence-corrected chi connectivity index (χ3v) is 3.94. The highest BCUT2D eigenvalue weighted by molar-refractivity contribution is 5.74. The van der Waals surface area contributed by atoms with E-state index in [2.05, 4.69) is 39.8 Å². The van der Waals surface area contributed by atoms with Gasteiger partial charge in [-0.25, -0.2) is 0 Å². The minimum Gasteiger partial charge on any atom is -0.481 e. The monoisotopic (exact) mass is 278 g/mol. The number of aryl methyl sites for hydroxylation is 2. The smallest absolute Gasteiger partial charge is 0.311 e. The number of hydrogen-bond donors (Lipinski definition) is 2. The van der Waals surface area contributed by atoms with Crippen molar-refractivity contribution in [2.75, 3.05) is 6.61 Å². The number of carboxylic acids is 1. The Balaban J connectivity index is 2.93. The van der Waals surface area contributed by atoms with Crippen LogP contribution in [0.4, 0.5) is 0 Å². The van der Waals surface area contributed by atoms with Crippen LogP contribution < -0.4 is 0 Å². The molecule has 1 aromatic rings. The number of aliphatic hydroxyl groups excluding tert-OH is 1. The lowest BCUT2D eigenvalue weighted by atomic mass is 9.81. The minimum atomic E-state index is -1.06. The number of hydrogen-bond acceptors (Lipinski definition) is 2. The number of benzene rings is 1. The zero-order valence-electron chi connectivity index (χ0n) is 13.2. The summed E-state index contributed by atoms with van der Waals surface area (Å²) in [5.41, 5.74) is 2.68. The van der Waals surface area contributed by atoms with Crippen molar-refractivity contribution in [2.45, 2.75) is 52.9 Å². The van der Waals surface area contributed by atoms with Gasteiger partial charge in [0.1, 0.15) is 0 Å². The first-order chi connectivity index (χ1) is 9.10. The van der Waals surface area contributed by atoms with Crippen LogP contribution >= 0.6 is 0 Å². The molecule has 2 N–H and O–H groups in total. The predicted octanol–water partition coefficient (Wildman–Crippen LogP) is 3.31. The maximum absolute atomic E-state index is 11.2. The third-order valence-electron chi connectivity index (χ3n) is 3.94. The molecule has 0 amide bonds. The predicted molar refractivity (Wildman–Crippen MR) is 81.0 cm³/mol. The van der Waals surface area contributed by atoms with Crippen LogP contribution in [0.2, 0.25) is 0 Å². The SMILES string of the molecule is Cc1ccc(CCC(C)(CO)C(=O)O)cc1C(C)(C)C. The normalized spacial score (nSPS) is 14.9. The number of carboxylic acid groups (broad SMARTS) is 1. The van der Waals surface area contributed by atoms with Crippen molar-refractivity contribution in [3.63, 3.8) is 0 Å². The van der Waals surface area contributed by atoms with Crippen molar-refractivity contribution in [1.82, 2.24) is 0 Å². The summed E-state index contributed by atoms with van der Waals surface area (Å²) >= 11 is 0. The van der Waals surface area contributed by atoms with Gasteiger partial charge in [0.25, 0.3) is 0 Å². The second kappa shape index (κ2) is 5.96. The molecule has 0 radical (unpaired) electrons. The Bertz CT molecular complexity index is 485. The first-order valence-electron chi connectivity index (χ1n) is 7.04. The van der Waals surface area contributed by atoms with Crippen LogP contribution in [-0.2, 0) is 16.6 Å². The van der Waals surface area contributed by atoms with Gasteiger partial charge in [0.05, 0.1) is 12.0 Å². The average molecular weight is 278 g/mol. The quantitative estimate of drug-likeness (QED) is 0.868. The lowest BCUT2D eigenvalue weighted by Gasteiger charge is -2.24. The van der Waals surface area contributed by atoms with Crippen molar-refractivity contribution in [3.05, 3.63) is 34.9 Å². The molecule has 0 aliphatic rings. The first-order valence-corrected chi connectivity index (χ1v) is 7.04. The van der Waals surface area contributed by atoms with Gasteiger partial charge >= 0.3 is 5.97 Å². The fourth-order valence-electron chi connectivity index (χ4n) is 2.31. The topological polar surface area (TPSA) is 57.5 Å². The van der Waals surface area contributed by atoms with Crippen molar-refractivity contribution < 1.29 is 15.0 Å². The summed E-state index contributed by atoms with van der Waals surface area (Å²) in [7, 11) is 0.